The number of rotatable bonds is 5. The zero-order chi connectivity index (χ0) is 12.3. The molecule has 1 aliphatic carbocycles. The van der Waals surface area contributed by atoms with E-state index in [1.165, 1.54) is 5.56 Å². The van der Waals surface area contributed by atoms with Crippen LogP contribution in [0.5, 0.6) is 0 Å². The van der Waals surface area contributed by atoms with Crippen molar-refractivity contribution in [1.29, 1.82) is 0 Å². The summed E-state index contributed by atoms with van der Waals surface area (Å²) < 4.78 is 5.50. The van der Waals surface area contributed by atoms with Crippen molar-refractivity contribution < 1.29 is 9.53 Å². The lowest BCUT2D eigenvalue weighted by Gasteiger charge is -2.34. The molecule has 0 aliphatic heterocycles. The summed E-state index contributed by atoms with van der Waals surface area (Å²) in [6, 6.07) is 7.85. The smallest absolute Gasteiger partial charge is 0.163 e. The number of ether oxygens (including phenoxy) is 1. The van der Waals surface area contributed by atoms with Gasteiger partial charge in [-0.05, 0) is 32.6 Å². The van der Waals surface area contributed by atoms with Crippen LogP contribution in [0.3, 0.4) is 0 Å². The molecule has 0 bridgehead atoms. The Labute approximate surface area is 103 Å². The summed E-state index contributed by atoms with van der Waals surface area (Å²) in [5.74, 6) is 0.797. The Bertz CT molecular complexity index is 374. The van der Waals surface area contributed by atoms with E-state index in [0.29, 0.717) is 18.4 Å². The Kier molecular flexibility index (Phi) is 3.95. The van der Waals surface area contributed by atoms with Gasteiger partial charge in [-0.1, -0.05) is 29.8 Å². The van der Waals surface area contributed by atoms with E-state index in [-0.39, 0.29) is 5.78 Å². The van der Waals surface area contributed by atoms with Gasteiger partial charge in [-0.15, -0.1) is 0 Å². The second-order valence-electron chi connectivity index (χ2n) is 4.91. The first-order chi connectivity index (χ1) is 8.19. The fourth-order valence-electron chi connectivity index (χ4n) is 2.33. The van der Waals surface area contributed by atoms with Crippen LogP contribution in [0.2, 0.25) is 0 Å². The topological polar surface area (TPSA) is 26.3 Å². The van der Waals surface area contributed by atoms with Crippen molar-refractivity contribution in [3.8, 4) is 0 Å². The normalized spacial score (nSPS) is 23.2. The number of ketones is 1. The van der Waals surface area contributed by atoms with Crippen molar-refractivity contribution in [2.45, 2.75) is 39.2 Å². The van der Waals surface area contributed by atoms with Crippen molar-refractivity contribution in [3.63, 3.8) is 0 Å². The average molecular weight is 232 g/mol. The number of benzene rings is 1. The fraction of sp³-hybridized carbons (Fsp3) is 0.533. The number of carbonyl (C=O) groups excluding carboxylic acids is 1. The monoisotopic (exact) mass is 232 g/mol. The third kappa shape index (κ3) is 3.16. The van der Waals surface area contributed by atoms with Gasteiger partial charge in [0.05, 0.1) is 6.10 Å². The van der Waals surface area contributed by atoms with Gasteiger partial charge in [0, 0.05) is 18.6 Å². The first kappa shape index (κ1) is 12.3. The maximum Gasteiger partial charge on any atom is 0.163 e. The Morgan fingerprint density at radius 1 is 1.29 bits per heavy atom. The minimum Gasteiger partial charge on any atom is -0.378 e. The lowest BCUT2D eigenvalue weighted by Crippen LogP contribution is -2.32. The molecule has 0 saturated heterocycles. The molecule has 1 aromatic rings. The molecule has 0 amide bonds. The molecule has 0 unspecified atom stereocenters. The van der Waals surface area contributed by atoms with Gasteiger partial charge in [-0.2, -0.15) is 0 Å². The van der Waals surface area contributed by atoms with E-state index >= 15 is 0 Å². The van der Waals surface area contributed by atoms with Gasteiger partial charge in [0.15, 0.2) is 5.78 Å². The van der Waals surface area contributed by atoms with Gasteiger partial charge >= 0.3 is 0 Å². The molecule has 0 spiro atoms. The van der Waals surface area contributed by atoms with E-state index in [2.05, 4.69) is 0 Å². The van der Waals surface area contributed by atoms with Crippen LogP contribution in [-0.2, 0) is 4.74 Å². The third-order valence-corrected chi connectivity index (χ3v) is 3.44. The highest BCUT2D eigenvalue weighted by molar-refractivity contribution is 5.96. The lowest BCUT2D eigenvalue weighted by atomic mass is 9.78. The number of carbonyl (C=O) groups is 1. The first-order valence-corrected chi connectivity index (χ1v) is 6.40. The predicted octanol–water partition coefficient (Wildman–Crippen LogP) is 3.38. The van der Waals surface area contributed by atoms with Gasteiger partial charge in [-0.25, -0.2) is 0 Å². The molecule has 17 heavy (non-hydrogen) atoms. The van der Waals surface area contributed by atoms with Gasteiger partial charge in [0.25, 0.3) is 0 Å². The summed E-state index contributed by atoms with van der Waals surface area (Å²) in [5, 5.41) is 0. The summed E-state index contributed by atoms with van der Waals surface area (Å²) in [4.78, 5) is 12.0. The molecule has 0 aromatic heterocycles. The molecule has 2 nitrogen and oxygen atoms in total. The molecule has 0 atom stereocenters. The van der Waals surface area contributed by atoms with Crippen molar-refractivity contribution in [2.24, 2.45) is 5.92 Å². The molecule has 1 aromatic carbocycles. The maximum atomic E-state index is 12.0. The van der Waals surface area contributed by atoms with Crippen LogP contribution in [-0.4, -0.2) is 18.5 Å². The van der Waals surface area contributed by atoms with Gasteiger partial charge in [-0.3, -0.25) is 4.79 Å². The highest BCUT2D eigenvalue weighted by Gasteiger charge is 2.31. The first-order valence-electron chi connectivity index (χ1n) is 6.40. The Morgan fingerprint density at radius 2 is 1.94 bits per heavy atom. The van der Waals surface area contributed by atoms with E-state index in [1.807, 2.05) is 38.1 Å². The van der Waals surface area contributed by atoms with E-state index in [1.54, 1.807) is 0 Å². The molecule has 2 rings (SSSR count). The molecule has 1 fully saturated rings. The van der Waals surface area contributed by atoms with Crippen LogP contribution < -0.4 is 0 Å². The quantitative estimate of drug-likeness (QED) is 0.727. The molecule has 0 radical (unpaired) electrons. The van der Waals surface area contributed by atoms with Gasteiger partial charge < -0.3 is 4.74 Å². The predicted molar refractivity (Wildman–Crippen MR) is 68.3 cm³/mol. The summed E-state index contributed by atoms with van der Waals surface area (Å²) in [7, 11) is 0. The maximum absolute atomic E-state index is 12.0. The Morgan fingerprint density at radius 3 is 2.53 bits per heavy atom. The van der Waals surface area contributed by atoms with Crippen molar-refractivity contribution >= 4 is 5.78 Å². The summed E-state index contributed by atoms with van der Waals surface area (Å²) >= 11 is 0. The molecular formula is C15H20O2. The van der Waals surface area contributed by atoms with E-state index in [4.69, 9.17) is 4.74 Å². The second kappa shape index (κ2) is 5.46. The van der Waals surface area contributed by atoms with Crippen LogP contribution in [0, 0.1) is 12.8 Å². The highest BCUT2D eigenvalue weighted by Crippen LogP contribution is 2.33. The van der Waals surface area contributed by atoms with Gasteiger partial charge in [0.1, 0.15) is 0 Å². The molecule has 92 valence electrons. The second-order valence-corrected chi connectivity index (χ2v) is 4.91. The zero-order valence-electron chi connectivity index (χ0n) is 10.6. The van der Waals surface area contributed by atoms with Crippen LogP contribution >= 0.6 is 0 Å². The van der Waals surface area contributed by atoms with Crippen LogP contribution in [0.25, 0.3) is 0 Å². The standard InChI is InChI=1S/C15H20O2/c1-3-17-14-8-12(9-14)10-15(16)13-6-4-11(2)5-7-13/h4-7,12,14H,3,8-10H2,1-2H3. The Hall–Kier alpha value is -1.15. The molecule has 2 heteroatoms. The molecule has 0 heterocycles. The molecular weight excluding hydrogens is 212 g/mol. The number of hydrogen-bond acceptors (Lipinski definition) is 2. The lowest BCUT2D eigenvalue weighted by molar-refractivity contribution is -0.0246. The number of hydrogen-bond donors (Lipinski definition) is 0. The van der Waals surface area contributed by atoms with Crippen LogP contribution in [0.15, 0.2) is 24.3 Å². The van der Waals surface area contributed by atoms with Crippen LogP contribution in [0.4, 0.5) is 0 Å². The molecule has 1 saturated carbocycles. The largest absolute Gasteiger partial charge is 0.378 e. The minimum atomic E-state index is 0.268. The fourth-order valence-corrected chi connectivity index (χ4v) is 2.33. The van der Waals surface area contributed by atoms with Gasteiger partial charge in [0.2, 0.25) is 0 Å². The van der Waals surface area contributed by atoms with Crippen LogP contribution in [0.1, 0.15) is 42.1 Å². The molecule has 1 aliphatic rings. The summed E-state index contributed by atoms with van der Waals surface area (Å²) in [6.45, 7) is 4.83. The SMILES string of the molecule is CCOC1CC(CC(=O)c2ccc(C)cc2)C1. The van der Waals surface area contributed by atoms with Crippen molar-refractivity contribution in [1.82, 2.24) is 0 Å². The summed E-state index contributed by atoms with van der Waals surface area (Å²) in [6.07, 6.45) is 3.17. The highest BCUT2D eigenvalue weighted by atomic mass is 16.5. The van der Waals surface area contributed by atoms with E-state index in [0.717, 1.165) is 25.0 Å². The zero-order valence-corrected chi connectivity index (χ0v) is 10.6. The summed E-state index contributed by atoms with van der Waals surface area (Å²) in [5.41, 5.74) is 2.04. The van der Waals surface area contributed by atoms with E-state index in [9.17, 15) is 4.79 Å². The van der Waals surface area contributed by atoms with Crippen molar-refractivity contribution in [3.05, 3.63) is 35.4 Å². The minimum absolute atomic E-state index is 0.268. The number of aryl methyl sites for hydroxylation is 1. The number of Topliss-reactive ketones (excluding diaryl/α,β-unsaturated/α-hetero) is 1. The molecule has 0 N–H and O–H groups in total. The third-order valence-electron chi connectivity index (χ3n) is 3.44. The average Bonchev–Trinajstić information content (AvgIpc) is 2.27. The Balaban J connectivity index is 1.81. The van der Waals surface area contributed by atoms with E-state index < -0.39 is 0 Å². The van der Waals surface area contributed by atoms with Crippen molar-refractivity contribution in [2.75, 3.05) is 6.61 Å².